The first-order valence-corrected chi connectivity index (χ1v) is 6.11. The van der Waals surface area contributed by atoms with E-state index in [9.17, 15) is 4.79 Å². The van der Waals surface area contributed by atoms with Crippen LogP contribution in [0.2, 0.25) is 0 Å². The minimum Gasteiger partial charge on any atom is -0.354 e. The second kappa shape index (κ2) is 4.45. The van der Waals surface area contributed by atoms with Crippen molar-refractivity contribution in [2.75, 3.05) is 6.54 Å². The number of amides is 1. The molecule has 0 aromatic carbocycles. The van der Waals surface area contributed by atoms with E-state index in [1.54, 1.807) is 0 Å². The molecule has 0 saturated heterocycles. The molecular weight excluding hydrogens is 200 g/mol. The normalized spacial score (nSPS) is 22.3. The van der Waals surface area contributed by atoms with Gasteiger partial charge < -0.3 is 5.32 Å². The number of nitriles is 1. The molecule has 1 rings (SSSR count). The second-order valence-corrected chi connectivity index (χ2v) is 5.50. The zero-order valence-corrected chi connectivity index (χ0v) is 10.8. The van der Waals surface area contributed by atoms with Crippen molar-refractivity contribution in [1.29, 1.82) is 5.26 Å². The molecule has 1 unspecified atom stereocenters. The van der Waals surface area contributed by atoms with Crippen LogP contribution in [0.15, 0.2) is 0 Å². The van der Waals surface area contributed by atoms with E-state index in [-0.39, 0.29) is 5.91 Å². The topological polar surface area (TPSA) is 52.9 Å². The predicted molar refractivity (Wildman–Crippen MR) is 63.5 cm³/mol. The molecule has 3 nitrogen and oxygen atoms in total. The molecule has 90 valence electrons. The van der Waals surface area contributed by atoms with Crippen molar-refractivity contribution in [2.45, 2.75) is 47.0 Å². The zero-order chi connectivity index (χ0) is 12.4. The van der Waals surface area contributed by atoms with Gasteiger partial charge in [0.1, 0.15) is 5.41 Å². The lowest BCUT2D eigenvalue weighted by Crippen LogP contribution is -2.40. The van der Waals surface area contributed by atoms with Crippen LogP contribution in [0, 0.1) is 28.1 Å². The Balaban J connectivity index is 2.49. The van der Waals surface area contributed by atoms with Crippen LogP contribution >= 0.6 is 0 Å². The van der Waals surface area contributed by atoms with Gasteiger partial charge in [0, 0.05) is 6.54 Å². The fourth-order valence-electron chi connectivity index (χ4n) is 2.09. The highest BCUT2D eigenvalue weighted by molar-refractivity contribution is 5.85. The zero-order valence-electron chi connectivity index (χ0n) is 10.8. The summed E-state index contributed by atoms with van der Waals surface area (Å²) < 4.78 is 0. The molecule has 0 spiro atoms. The van der Waals surface area contributed by atoms with E-state index in [1.807, 2.05) is 13.8 Å². The van der Waals surface area contributed by atoms with Gasteiger partial charge in [-0.2, -0.15) is 5.26 Å². The summed E-state index contributed by atoms with van der Waals surface area (Å²) in [5.74, 6) is 0.490. The number of rotatable bonds is 5. The molecule has 3 heteroatoms. The predicted octanol–water partition coefficient (Wildman–Crippen LogP) is 2.48. The van der Waals surface area contributed by atoms with Crippen LogP contribution in [-0.2, 0) is 4.79 Å². The Bertz CT molecular complexity index is 310. The molecule has 0 aromatic rings. The maximum absolute atomic E-state index is 12.0. The molecule has 1 N–H and O–H groups in total. The van der Waals surface area contributed by atoms with Crippen LogP contribution in [0.3, 0.4) is 0 Å². The maximum Gasteiger partial charge on any atom is 0.240 e. The van der Waals surface area contributed by atoms with Gasteiger partial charge in [-0.15, -0.1) is 0 Å². The molecular formula is C13H22N2O. The third-order valence-corrected chi connectivity index (χ3v) is 4.08. The highest BCUT2D eigenvalue weighted by atomic mass is 16.2. The first-order chi connectivity index (χ1) is 7.41. The van der Waals surface area contributed by atoms with Gasteiger partial charge in [0.05, 0.1) is 6.07 Å². The van der Waals surface area contributed by atoms with Gasteiger partial charge in [-0.1, -0.05) is 27.7 Å². The summed E-state index contributed by atoms with van der Waals surface area (Å²) in [5.41, 5.74) is -0.444. The van der Waals surface area contributed by atoms with E-state index in [1.165, 1.54) is 6.42 Å². The Morgan fingerprint density at radius 1 is 1.50 bits per heavy atom. The van der Waals surface area contributed by atoms with Gasteiger partial charge in [0.25, 0.3) is 0 Å². The Labute approximate surface area is 98.2 Å². The lowest BCUT2D eigenvalue weighted by molar-refractivity contribution is -0.128. The fourth-order valence-corrected chi connectivity index (χ4v) is 2.09. The number of nitrogens with zero attached hydrogens (tertiary/aromatic N) is 1. The van der Waals surface area contributed by atoms with Crippen LogP contribution in [0.25, 0.3) is 0 Å². The average molecular weight is 222 g/mol. The Morgan fingerprint density at radius 2 is 2.00 bits per heavy atom. The molecule has 0 heterocycles. The summed E-state index contributed by atoms with van der Waals surface area (Å²) in [7, 11) is 0. The first-order valence-electron chi connectivity index (χ1n) is 6.11. The number of hydrogen-bond donors (Lipinski definition) is 1. The van der Waals surface area contributed by atoms with Crippen LogP contribution in [0.1, 0.15) is 47.0 Å². The van der Waals surface area contributed by atoms with Crippen molar-refractivity contribution in [3.8, 4) is 6.07 Å². The molecule has 1 atom stereocenters. The number of carbonyl (C=O) groups excluding carboxylic acids is 1. The molecule has 16 heavy (non-hydrogen) atoms. The van der Waals surface area contributed by atoms with Crippen molar-refractivity contribution in [3.05, 3.63) is 0 Å². The van der Waals surface area contributed by atoms with Gasteiger partial charge in [0.15, 0.2) is 0 Å². The number of nitrogens with one attached hydrogen (secondary N) is 1. The molecule has 0 aliphatic heterocycles. The molecule has 1 saturated carbocycles. The minimum absolute atomic E-state index is 0.0947. The average Bonchev–Trinajstić information content (AvgIpc) is 2.87. The second-order valence-electron chi connectivity index (χ2n) is 5.50. The van der Waals surface area contributed by atoms with Crippen LogP contribution in [0.4, 0.5) is 0 Å². The van der Waals surface area contributed by atoms with Crippen molar-refractivity contribution < 1.29 is 4.79 Å². The van der Waals surface area contributed by atoms with Gasteiger partial charge >= 0.3 is 0 Å². The lowest BCUT2D eigenvalue weighted by atomic mass is 9.83. The Kier molecular flexibility index (Phi) is 3.62. The van der Waals surface area contributed by atoms with E-state index in [0.29, 0.717) is 24.2 Å². The summed E-state index contributed by atoms with van der Waals surface area (Å²) in [6, 6.07) is 2.17. The molecule has 0 aromatic heterocycles. The van der Waals surface area contributed by atoms with Gasteiger partial charge in [-0.3, -0.25) is 4.79 Å². The third-order valence-electron chi connectivity index (χ3n) is 4.08. The van der Waals surface area contributed by atoms with Crippen molar-refractivity contribution in [2.24, 2.45) is 16.7 Å². The monoisotopic (exact) mass is 222 g/mol. The van der Waals surface area contributed by atoms with E-state index < -0.39 is 5.41 Å². The minimum atomic E-state index is -0.820. The first kappa shape index (κ1) is 13.0. The van der Waals surface area contributed by atoms with E-state index in [2.05, 4.69) is 25.2 Å². The van der Waals surface area contributed by atoms with E-state index in [0.717, 1.165) is 6.54 Å². The fraction of sp³-hybridized carbons (Fsp3) is 0.846. The molecule has 1 aliphatic rings. The summed E-state index contributed by atoms with van der Waals surface area (Å²) in [6.45, 7) is 8.93. The summed E-state index contributed by atoms with van der Waals surface area (Å²) >= 11 is 0. The Morgan fingerprint density at radius 3 is 2.31 bits per heavy atom. The third kappa shape index (κ3) is 2.37. The SMILES string of the molecule is CCC(C#N)(CC)C(=O)NCC1CC1(C)C. The summed E-state index contributed by atoms with van der Waals surface area (Å²) in [6.07, 6.45) is 2.34. The van der Waals surface area contributed by atoms with Gasteiger partial charge in [-0.05, 0) is 30.6 Å². The molecule has 1 amide bonds. The quantitative estimate of drug-likeness (QED) is 0.777. The van der Waals surface area contributed by atoms with Crippen LogP contribution in [-0.4, -0.2) is 12.5 Å². The molecule has 1 fully saturated rings. The Hall–Kier alpha value is -1.04. The molecule has 0 bridgehead atoms. The lowest BCUT2D eigenvalue weighted by Gasteiger charge is -2.22. The van der Waals surface area contributed by atoms with Crippen LogP contribution in [0.5, 0.6) is 0 Å². The van der Waals surface area contributed by atoms with Gasteiger partial charge in [0.2, 0.25) is 5.91 Å². The number of carbonyl (C=O) groups is 1. The van der Waals surface area contributed by atoms with Crippen molar-refractivity contribution in [1.82, 2.24) is 5.32 Å². The summed E-state index contributed by atoms with van der Waals surface area (Å²) in [5, 5.41) is 12.1. The molecule has 0 radical (unpaired) electrons. The van der Waals surface area contributed by atoms with Crippen molar-refractivity contribution in [3.63, 3.8) is 0 Å². The maximum atomic E-state index is 12.0. The highest BCUT2D eigenvalue weighted by Gasteiger charge is 2.46. The number of hydrogen-bond acceptors (Lipinski definition) is 2. The van der Waals surface area contributed by atoms with Gasteiger partial charge in [-0.25, -0.2) is 0 Å². The standard InChI is InChI=1S/C13H22N2O/c1-5-13(6-2,9-14)11(16)15-8-10-7-12(10,3)4/h10H,5-8H2,1-4H3,(H,15,16). The highest BCUT2D eigenvalue weighted by Crippen LogP contribution is 2.51. The van der Waals surface area contributed by atoms with E-state index in [4.69, 9.17) is 5.26 Å². The van der Waals surface area contributed by atoms with Crippen LogP contribution < -0.4 is 5.32 Å². The molecule has 1 aliphatic carbocycles. The van der Waals surface area contributed by atoms with E-state index >= 15 is 0 Å². The van der Waals surface area contributed by atoms with Crippen molar-refractivity contribution >= 4 is 5.91 Å². The smallest absolute Gasteiger partial charge is 0.240 e. The summed E-state index contributed by atoms with van der Waals surface area (Å²) in [4.78, 5) is 12.0. The largest absolute Gasteiger partial charge is 0.354 e.